The molecule has 0 aliphatic rings. The van der Waals surface area contributed by atoms with Gasteiger partial charge in [-0.3, -0.25) is 0 Å². The minimum absolute atomic E-state index is 0.659. The molecule has 2 nitrogen and oxygen atoms in total. The van der Waals surface area contributed by atoms with Crippen LogP contribution in [-0.2, 0) is 0 Å². The second kappa shape index (κ2) is 12.2. The molecule has 3 heteroatoms. The van der Waals surface area contributed by atoms with Gasteiger partial charge in [-0.25, -0.2) is 0 Å². The molecule has 0 radical (unpaired) electrons. The summed E-state index contributed by atoms with van der Waals surface area (Å²) in [6.45, 7) is 0. The highest BCUT2D eigenvalue weighted by Crippen LogP contribution is 2.41. The molecule has 0 atom stereocenters. The van der Waals surface area contributed by atoms with Crippen LogP contribution < -0.4 is 0 Å². The highest BCUT2D eigenvalue weighted by atomic mass is 32.1. The zero-order valence-electron chi connectivity index (χ0n) is 28.1. The van der Waals surface area contributed by atoms with Crippen molar-refractivity contribution in [2.45, 2.75) is 0 Å². The van der Waals surface area contributed by atoms with Gasteiger partial charge in [-0.2, -0.15) is 5.26 Å². The third-order valence-corrected chi connectivity index (χ3v) is 11.5. The molecule has 2 heterocycles. The zero-order valence-corrected chi connectivity index (χ0v) is 28.9. The Morgan fingerprint density at radius 1 is 0.404 bits per heavy atom. The van der Waals surface area contributed by atoms with Crippen LogP contribution >= 0.6 is 11.3 Å². The topological polar surface area (TPSA) is 28.7 Å². The van der Waals surface area contributed by atoms with Crippen LogP contribution in [-0.4, -0.2) is 4.57 Å². The van der Waals surface area contributed by atoms with Gasteiger partial charge in [0, 0.05) is 36.6 Å². The molecule has 242 valence electrons. The van der Waals surface area contributed by atoms with Crippen LogP contribution in [0, 0.1) is 11.3 Å². The number of aromatic nitrogens is 1. The normalized spacial score (nSPS) is 11.4. The second-order valence-electron chi connectivity index (χ2n) is 13.3. The monoisotopic (exact) mass is 678 g/mol. The molecule has 0 aliphatic heterocycles. The summed E-state index contributed by atoms with van der Waals surface area (Å²) >= 11 is 1.81. The maximum atomic E-state index is 10.0. The Labute approximate surface area is 305 Å². The summed E-state index contributed by atoms with van der Waals surface area (Å²) in [5, 5.41) is 15.1. The largest absolute Gasteiger partial charge is 0.309 e. The molecule has 0 spiro atoms. The van der Waals surface area contributed by atoms with Gasteiger partial charge in [0.2, 0.25) is 0 Å². The Bertz CT molecular complexity index is 2960. The van der Waals surface area contributed by atoms with E-state index in [4.69, 9.17) is 0 Å². The summed E-state index contributed by atoms with van der Waals surface area (Å²) in [4.78, 5) is 0. The van der Waals surface area contributed by atoms with Crippen molar-refractivity contribution in [2.75, 3.05) is 0 Å². The van der Waals surface area contributed by atoms with E-state index in [9.17, 15) is 5.26 Å². The van der Waals surface area contributed by atoms with Crippen molar-refractivity contribution in [3.8, 4) is 56.3 Å². The van der Waals surface area contributed by atoms with E-state index in [0.29, 0.717) is 5.56 Å². The molecule has 2 aromatic heterocycles. The van der Waals surface area contributed by atoms with Crippen LogP contribution in [0.1, 0.15) is 5.56 Å². The predicted molar refractivity (Wildman–Crippen MR) is 220 cm³/mol. The smallest absolute Gasteiger partial charge is 0.0992 e. The van der Waals surface area contributed by atoms with E-state index in [1.165, 1.54) is 58.7 Å². The lowest BCUT2D eigenvalue weighted by Gasteiger charge is -2.11. The van der Waals surface area contributed by atoms with E-state index in [-0.39, 0.29) is 0 Å². The minimum Gasteiger partial charge on any atom is -0.309 e. The highest BCUT2D eigenvalue weighted by Gasteiger charge is 2.14. The summed E-state index contributed by atoms with van der Waals surface area (Å²) in [6.07, 6.45) is 0. The number of benzene rings is 8. The Balaban J connectivity index is 0.963. The van der Waals surface area contributed by atoms with Crippen molar-refractivity contribution >= 4 is 53.3 Å². The lowest BCUT2D eigenvalue weighted by molar-refractivity contribution is 1.18. The van der Waals surface area contributed by atoms with Crippen molar-refractivity contribution in [3.05, 3.63) is 188 Å². The third-order valence-electron chi connectivity index (χ3n) is 10.2. The summed E-state index contributed by atoms with van der Waals surface area (Å²) < 4.78 is 4.88. The van der Waals surface area contributed by atoms with Gasteiger partial charge in [-0.15, -0.1) is 11.3 Å². The number of hydrogen-bond donors (Lipinski definition) is 0. The van der Waals surface area contributed by atoms with Crippen LogP contribution in [0.3, 0.4) is 0 Å². The van der Waals surface area contributed by atoms with E-state index in [1.807, 2.05) is 23.5 Å². The van der Waals surface area contributed by atoms with Gasteiger partial charge in [0.1, 0.15) is 0 Å². The number of nitrogens with zero attached hydrogens (tertiary/aromatic N) is 2. The summed E-state index contributed by atoms with van der Waals surface area (Å²) in [6, 6.07) is 67.3. The standard InChI is InChI=1S/C49H30N2S/c50-31-32-27-38(30-39(28-32)41-14-8-15-45-44-13-3-6-18-48(44)52-49(41)45)35-21-19-33(20-22-35)36-9-7-10-37(29-36)34-23-25-40(26-24-34)51-46-16-4-1-11-42(46)43-12-2-5-17-47(43)51/h1-30H. The van der Waals surface area contributed by atoms with Gasteiger partial charge in [-0.1, -0.05) is 127 Å². The molecule has 8 aromatic carbocycles. The molecule has 0 unspecified atom stereocenters. The number of nitriles is 1. The lowest BCUT2D eigenvalue weighted by Crippen LogP contribution is -1.93. The molecule has 0 saturated carbocycles. The molecule has 52 heavy (non-hydrogen) atoms. The average Bonchev–Trinajstić information content (AvgIpc) is 3.77. The summed E-state index contributed by atoms with van der Waals surface area (Å²) in [5.74, 6) is 0. The molecule has 0 N–H and O–H groups in total. The van der Waals surface area contributed by atoms with E-state index >= 15 is 0 Å². The number of rotatable bonds is 5. The van der Waals surface area contributed by atoms with Gasteiger partial charge < -0.3 is 4.57 Å². The molecule has 0 saturated heterocycles. The van der Waals surface area contributed by atoms with Crippen LogP contribution in [0.5, 0.6) is 0 Å². The Hall–Kier alpha value is -6.73. The van der Waals surface area contributed by atoms with Gasteiger partial charge in [0.15, 0.2) is 0 Å². The number of fused-ring (bicyclic) bond motifs is 6. The van der Waals surface area contributed by atoms with E-state index < -0.39 is 0 Å². The highest BCUT2D eigenvalue weighted by molar-refractivity contribution is 7.26. The fraction of sp³-hybridized carbons (Fsp3) is 0. The maximum absolute atomic E-state index is 10.0. The molecule has 10 aromatic rings. The zero-order chi connectivity index (χ0) is 34.6. The van der Waals surface area contributed by atoms with Crippen molar-refractivity contribution in [3.63, 3.8) is 0 Å². The maximum Gasteiger partial charge on any atom is 0.0992 e. The molecule has 0 amide bonds. The van der Waals surface area contributed by atoms with E-state index in [2.05, 4.69) is 180 Å². The van der Waals surface area contributed by atoms with E-state index in [0.717, 1.165) is 33.5 Å². The third kappa shape index (κ3) is 5.01. The minimum atomic E-state index is 0.659. The molecule has 0 bridgehead atoms. The van der Waals surface area contributed by atoms with Gasteiger partial charge in [-0.05, 0) is 99.1 Å². The van der Waals surface area contributed by atoms with Gasteiger partial charge in [0.25, 0.3) is 0 Å². The number of para-hydroxylation sites is 2. The van der Waals surface area contributed by atoms with Gasteiger partial charge >= 0.3 is 0 Å². The van der Waals surface area contributed by atoms with Crippen LogP contribution in [0.25, 0.3) is 92.2 Å². The lowest BCUT2D eigenvalue weighted by atomic mass is 9.94. The van der Waals surface area contributed by atoms with Crippen molar-refractivity contribution in [1.29, 1.82) is 5.26 Å². The van der Waals surface area contributed by atoms with Crippen molar-refractivity contribution in [2.24, 2.45) is 0 Å². The fourth-order valence-corrected chi connectivity index (χ4v) is 8.96. The van der Waals surface area contributed by atoms with Crippen LogP contribution in [0.4, 0.5) is 0 Å². The Morgan fingerprint density at radius 2 is 0.923 bits per heavy atom. The first-order valence-corrected chi connectivity index (χ1v) is 18.3. The number of hydrogen-bond acceptors (Lipinski definition) is 2. The molecule has 0 fully saturated rings. The Kier molecular flexibility index (Phi) is 7.09. The first-order valence-electron chi connectivity index (χ1n) is 17.5. The van der Waals surface area contributed by atoms with E-state index in [1.54, 1.807) is 0 Å². The molecule has 0 aliphatic carbocycles. The second-order valence-corrected chi connectivity index (χ2v) is 14.3. The first-order chi connectivity index (χ1) is 25.7. The Morgan fingerprint density at radius 3 is 1.60 bits per heavy atom. The average molecular weight is 679 g/mol. The molecular weight excluding hydrogens is 649 g/mol. The van der Waals surface area contributed by atoms with Crippen molar-refractivity contribution in [1.82, 2.24) is 4.57 Å². The molecule has 10 rings (SSSR count). The van der Waals surface area contributed by atoms with Crippen LogP contribution in [0.15, 0.2) is 182 Å². The summed E-state index contributed by atoms with van der Waals surface area (Å²) in [7, 11) is 0. The fourth-order valence-electron chi connectivity index (χ4n) is 7.73. The van der Waals surface area contributed by atoms with Crippen molar-refractivity contribution < 1.29 is 0 Å². The SMILES string of the molecule is N#Cc1cc(-c2ccc(-c3cccc(-c4ccc(-n5c6ccccc6c6ccccc65)cc4)c3)cc2)cc(-c2cccc3c2sc2ccccc23)c1. The first kappa shape index (κ1) is 30.1. The van der Waals surface area contributed by atoms with Crippen LogP contribution in [0.2, 0.25) is 0 Å². The molecular formula is C49H30N2S. The summed E-state index contributed by atoms with van der Waals surface area (Å²) in [5.41, 5.74) is 13.3. The van der Waals surface area contributed by atoms with Gasteiger partial charge in [0.05, 0.1) is 22.7 Å². The number of thiophene rings is 1. The quantitative estimate of drug-likeness (QED) is 0.178. The predicted octanol–water partition coefficient (Wildman–Crippen LogP) is 13.7.